The smallest absolute Gasteiger partial charge is 0.228 e. The molecule has 0 saturated heterocycles. The third-order valence-electron chi connectivity index (χ3n) is 3.68. The van der Waals surface area contributed by atoms with Crippen LogP contribution in [0.2, 0.25) is 0 Å². The molecule has 0 spiro atoms. The van der Waals surface area contributed by atoms with Gasteiger partial charge in [-0.2, -0.15) is 0 Å². The monoisotopic (exact) mass is 240 g/mol. The van der Waals surface area contributed by atoms with E-state index in [2.05, 4.69) is 6.92 Å². The fourth-order valence-electron chi connectivity index (χ4n) is 2.64. The molecule has 1 aromatic heterocycles. The molecule has 2 heteroatoms. The summed E-state index contributed by atoms with van der Waals surface area (Å²) in [6.07, 6.45) is 4.89. The minimum Gasteiger partial charge on any atom is -0.460 e. The molecule has 1 heterocycles. The maximum Gasteiger partial charge on any atom is 0.228 e. The van der Waals surface area contributed by atoms with Crippen molar-refractivity contribution in [3.05, 3.63) is 59.0 Å². The second kappa shape index (κ2) is 4.45. The molecule has 0 radical (unpaired) electrons. The van der Waals surface area contributed by atoms with E-state index in [1.54, 1.807) is 6.26 Å². The fourth-order valence-corrected chi connectivity index (χ4v) is 2.64. The number of carbonyl (C=O) groups excluding carboxylic acids is 1. The van der Waals surface area contributed by atoms with Gasteiger partial charge in [-0.1, -0.05) is 37.3 Å². The Kier molecular flexibility index (Phi) is 2.78. The van der Waals surface area contributed by atoms with Crippen molar-refractivity contribution in [3.8, 4) is 0 Å². The summed E-state index contributed by atoms with van der Waals surface area (Å²) in [5.74, 6) is 1.24. The summed E-state index contributed by atoms with van der Waals surface area (Å²) in [4.78, 5) is 12.4. The highest BCUT2D eigenvalue weighted by Crippen LogP contribution is 2.30. The lowest BCUT2D eigenvalue weighted by Crippen LogP contribution is -2.12. The lowest BCUT2D eigenvalue weighted by molar-refractivity contribution is 0.101. The fraction of sp³-hybridized carbons (Fsp3) is 0.312. The predicted molar refractivity (Wildman–Crippen MR) is 69.8 cm³/mol. The molecular formula is C16H16O2. The van der Waals surface area contributed by atoms with Crippen molar-refractivity contribution in [2.24, 2.45) is 5.92 Å². The van der Waals surface area contributed by atoms with Crippen molar-refractivity contribution in [1.29, 1.82) is 0 Å². The van der Waals surface area contributed by atoms with Gasteiger partial charge in [-0.25, -0.2) is 0 Å². The molecule has 1 atom stereocenters. The number of carbonyl (C=O) groups is 1. The molecule has 0 bridgehead atoms. The van der Waals surface area contributed by atoms with Crippen LogP contribution >= 0.6 is 0 Å². The summed E-state index contributed by atoms with van der Waals surface area (Å²) in [7, 11) is 0. The van der Waals surface area contributed by atoms with Gasteiger partial charge in [0, 0.05) is 11.1 Å². The predicted octanol–water partition coefficient (Wildman–Crippen LogP) is 3.64. The van der Waals surface area contributed by atoms with Crippen LogP contribution in [0, 0.1) is 5.92 Å². The standard InChI is InChI=1S/C16H16O2/c1-11-7-8-14-13(9-11)10-18-16(14)15(17)12-5-3-2-4-6-12/h2-6,10-11H,7-9H2,1H3. The van der Waals surface area contributed by atoms with Crippen LogP contribution in [-0.2, 0) is 12.8 Å². The highest BCUT2D eigenvalue weighted by Gasteiger charge is 2.25. The summed E-state index contributed by atoms with van der Waals surface area (Å²) in [5.41, 5.74) is 3.04. The van der Waals surface area contributed by atoms with E-state index in [4.69, 9.17) is 4.42 Å². The molecule has 1 unspecified atom stereocenters. The normalized spacial score (nSPS) is 18.4. The first-order valence-corrected chi connectivity index (χ1v) is 6.44. The highest BCUT2D eigenvalue weighted by molar-refractivity contribution is 6.08. The summed E-state index contributed by atoms with van der Waals surface area (Å²) >= 11 is 0. The van der Waals surface area contributed by atoms with Crippen LogP contribution in [0.25, 0.3) is 0 Å². The number of benzene rings is 1. The summed E-state index contributed by atoms with van der Waals surface area (Å²) in [6, 6.07) is 9.34. The van der Waals surface area contributed by atoms with Gasteiger partial charge in [0.1, 0.15) is 0 Å². The van der Waals surface area contributed by atoms with Crippen LogP contribution in [0.1, 0.15) is 40.6 Å². The first-order chi connectivity index (χ1) is 8.75. The minimum absolute atomic E-state index is 0.00593. The van der Waals surface area contributed by atoms with E-state index >= 15 is 0 Å². The van der Waals surface area contributed by atoms with Crippen LogP contribution in [-0.4, -0.2) is 5.78 Å². The maximum absolute atomic E-state index is 12.4. The third kappa shape index (κ3) is 1.88. The van der Waals surface area contributed by atoms with Crippen LogP contribution in [0.15, 0.2) is 41.0 Å². The number of furan rings is 1. The molecule has 2 aromatic rings. The van der Waals surface area contributed by atoms with Crippen molar-refractivity contribution in [2.75, 3.05) is 0 Å². The second-order valence-corrected chi connectivity index (χ2v) is 5.11. The zero-order valence-electron chi connectivity index (χ0n) is 10.5. The van der Waals surface area contributed by atoms with Gasteiger partial charge in [0.2, 0.25) is 5.78 Å². The number of fused-ring (bicyclic) bond motifs is 1. The van der Waals surface area contributed by atoms with E-state index < -0.39 is 0 Å². The Balaban J connectivity index is 1.97. The Bertz CT molecular complexity index is 566. The Morgan fingerprint density at radius 1 is 1.28 bits per heavy atom. The highest BCUT2D eigenvalue weighted by atomic mass is 16.3. The third-order valence-corrected chi connectivity index (χ3v) is 3.68. The molecule has 1 aromatic carbocycles. The van der Waals surface area contributed by atoms with Gasteiger partial charge in [0.25, 0.3) is 0 Å². The van der Waals surface area contributed by atoms with E-state index in [0.29, 0.717) is 17.2 Å². The molecule has 2 nitrogen and oxygen atoms in total. The molecule has 18 heavy (non-hydrogen) atoms. The molecule has 0 N–H and O–H groups in total. The molecular weight excluding hydrogens is 224 g/mol. The summed E-state index contributed by atoms with van der Waals surface area (Å²) in [6.45, 7) is 2.24. The van der Waals surface area contributed by atoms with Gasteiger partial charge >= 0.3 is 0 Å². The zero-order valence-corrected chi connectivity index (χ0v) is 10.5. The van der Waals surface area contributed by atoms with Crippen molar-refractivity contribution in [1.82, 2.24) is 0 Å². The number of ketones is 1. The van der Waals surface area contributed by atoms with Crippen molar-refractivity contribution < 1.29 is 9.21 Å². The molecule has 1 aliphatic rings. The Labute approximate surface area is 107 Å². The van der Waals surface area contributed by atoms with E-state index in [0.717, 1.165) is 24.8 Å². The lowest BCUT2D eigenvalue weighted by atomic mass is 9.85. The molecule has 0 aliphatic heterocycles. The van der Waals surface area contributed by atoms with Gasteiger partial charge in [-0.05, 0) is 30.7 Å². The van der Waals surface area contributed by atoms with Gasteiger partial charge in [0.15, 0.2) is 5.76 Å². The maximum atomic E-state index is 12.4. The largest absolute Gasteiger partial charge is 0.460 e. The number of hydrogen-bond acceptors (Lipinski definition) is 2. The molecule has 0 amide bonds. The minimum atomic E-state index is 0.00593. The van der Waals surface area contributed by atoms with Gasteiger partial charge in [0.05, 0.1) is 6.26 Å². The Hall–Kier alpha value is -1.83. The zero-order chi connectivity index (χ0) is 12.5. The lowest BCUT2D eigenvalue weighted by Gasteiger charge is -2.17. The van der Waals surface area contributed by atoms with Gasteiger partial charge in [-0.3, -0.25) is 4.79 Å². The molecule has 0 saturated carbocycles. The van der Waals surface area contributed by atoms with Crippen molar-refractivity contribution in [3.63, 3.8) is 0 Å². The first-order valence-electron chi connectivity index (χ1n) is 6.44. The average Bonchev–Trinajstić information content (AvgIpc) is 2.81. The number of rotatable bonds is 2. The second-order valence-electron chi connectivity index (χ2n) is 5.11. The summed E-state index contributed by atoms with van der Waals surface area (Å²) < 4.78 is 5.53. The summed E-state index contributed by atoms with van der Waals surface area (Å²) in [5, 5.41) is 0. The van der Waals surface area contributed by atoms with Crippen LogP contribution in [0.3, 0.4) is 0 Å². The van der Waals surface area contributed by atoms with E-state index in [9.17, 15) is 4.79 Å². The van der Waals surface area contributed by atoms with E-state index in [-0.39, 0.29) is 5.78 Å². The molecule has 0 fully saturated rings. The first kappa shape index (κ1) is 11.3. The average molecular weight is 240 g/mol. The van der Waals surface area contributed by atoms with Crippen LogP contribution < -0.4 is 0 Å². The van der Waals surface area contributed by atoms with Crippen LogP contribution in [0.4, 0.5) is 0 Å². The Morgan fingerprint density at radius 3 is 2.83 bits per heavy atom. The molecule has 3 rings (SSSR count). The SMILES string of the molecule is CC1CCc2c(coc2C(=O)c2ccccc2)C1. The van der Waals surface area contributed by atoms with Gasteiger partial charge < -0.3 is 4.42 Å². The molecule has 1 aliphatic carbocycles. The number of hydrogen-bond donors (Lipinski definition) is 0. The van der Waals surface area contributed by atoms with E-state index in [1.807, 2.05) is 30.3 Å². The van der Waals surface area contributed by atoms with Gasteiger partial charge in [-0.15, -0.1) is 0 Å². The van der Waals surface area contributed by atoms with Crippen LogP contribution in [0.5, 0.6) is 0 Å². The Morgan fingerprint density at radius 2 is 2.06 bits per heavy atom. The molecule has 92 valence electrons. The topological polar surface area (TPSA) is 30.2 Å². The van der Waals surface area contributed by atoms with Crippen molar-refractivity contribution >= 4 is 5.78 Å². The van der Waals surface area contributed by atoms with E-state index in [1.165, 1.54) is 5.56 Å². The quantitative estimate of drug-likeness (QED) is 0.750. The van der Waals surface area contributed by atoms with Crippen molar-refractivity contribution in [2.45, 2.75) is 26.2 Å².